The molecule has 2 unspecified atom stereocenters. The molecule has 0 aromatic rings. The zero-order chi connectivity index (χ0) is 18.3. The van der Waals surface area contributed by atoms with E-state index in [1.54, 1.807) is 6.92 Å². The summed E-state index contributed by atoms with van der Waals surface area (Å²) in [7, 11) is 0. The second kappa shape index (κ2) is 14.7. The number of nitrogens with two attached hydrogens (primary N) is 1. The molecule has 0 fully saturated rings. The molecule has 0 aliphatic rings. The fourth-order valence-corrected chi connectivity index (χ4v) is 3.09. The Bertz CT molecular complexity index is 305. The molecule has 0 amide bonds. The van der Waals surface area contributed by atoms with Crippen LogP contribution in [-0.2, 0) is 9.53 Å². The van der Waals surface area contributed by atoms with E-state index in [4.69, 9.17) is 10.5 Å². The van der Waals surface area contributed by atoms with Crippen molar-refractivity contribution in [2.24, 2.45) is 11.7 Å². The monoisotopic (exact) mass is 343 g/mol. The van der Waals surface area contributed by atoms with E-state index in [1.807, 2.05) is 0 Å². The Balaban J connectivity index is 4.08. The zero-order valence-electron chi connectivity index (χ0n) is 16.3. The maximum atomic E-state index is 12.4. The van der Waals surface area contributed by atoms with E-state index in [2.05, 4.69) is 13.8 Å². The van der Waals surface area contributed by atoms with Crippen molar-refractivity contribution >= 4 is 5.97 Å². The van der Waals surface area contributed by atoms with Crippen molar-refractivity contribution in [1.82, 2.24) is 0 Å². The standard InChI is InChI=1S/C20H41NO3/c1-4-6-8-9-10-11-13-17-24-19(23)20(3,21)18(15-16-22)14-12-7-5-2/h18,22H,4-17,21H2,1-3H3. The molecule has 0 aromatic heterocycles. The first-order valence-electron chi connectivity index (χ1n) is 10.1. The first kappa shape index (κ1) is 23.4. The molecule has 0 heterocycles. The van der Waals surface area contributed by atoms with Crippen LogP contribution < -0.4 is 5.73 Å². The molecule has 0 aliphatic carbocycles. The number of hydrogen-bond acceptors (Lipinski definition) is 4. The summed E-state index contributed by atoms with van der Waals surface area (Å²) < 4.78 is 5.42. The SMILES string of the molecule is CCCCCCCCCOC(=O)C(C)(N)C(CCO)CCCCC. The lowest BCUT2D eigenvalue weighted by Crippen LogP contribution is -2.52. The molecule has 3 N–H and O–H groups in total. The van der Waals surface area contributed by atoms with Gasteiger partial charge in [0.05, 0.1) is 6.61 Å². The normalized spacial score (nSPS) is 15.0. The lowest BCUT2D eigenvalue weighted by Gasteiger charge is -2.32. The highest BCUT2D eigenvalue weighted by atomic mass is 16.5. The highest BCUT2D eigenvalue weighted by molar-refractivity contribution is 5.80. The van der Waals surface area contributed by atoms with Gasteiger partial charge in [0.1, 0.15) is 5.54 Å². The van der Waals surface area contributed by atoms with Crippen LogP contribution in [0.1, 0.15) is 97.8 Å². The van der Waals surface area contributed by atoms with Crippen molar-refractivity contribution in [2.75, 3.05) is 13.2 Å². The number of aliphatic hydroxyl groups excluding tert-OH is 1. The van der Waals surface area contributed by atoms with Crippen LogP contribution in [0.15, 0.2) is 0 Å². The number of ether oxygens (including phenoxy) is 1. The molecule has 0 rings (SSSR count). The van der Waals surface area contributed by atoms with E-state index in [1.165, 1.54) is 32.1 Å². The van der Waals surface area contributed by atoms with Crippen LogP contribution in [0.3, 0.4) is 0 Å². The minimum absolute atomic E-state index is 0.0180. The predicted molar refractivity (Wildman–Crippen MR) is 101 cm³/mol. The molecule has 0 aromatic carbocycles. The molecule has 24 heavy (non-hydrogen) atoms. The van der Waals surface area contributed by atoms with Gasteiger partial charge in [-0.3, -0.25) is 4.79 Å². The Kier molecular flexibility index (Phi) is 14.3. The number of unbranched alkanes of at least 4 members (excludes halogenated alkanes) is 8. The highest BCUT2D eigenvalue weighted by Crippen LogP contribution is 2.26. The van der Waals surface area contributed by atoms with E-state index >= 15 is 0 Å². The lowest BCUT2D eigenvalue weighted by molar-refractivity contribution is -0.152. The van der Waals surface area contributed by atoms with Crippen LogP contribution in [0, 0.1) is 5.92 Å². The third-order valence-corrected chi connectivity index (χ3v) is 4.90. The molecule has 0 bridgehead atoms. The van der Waals surface area contributed by atoms with Gasteiger partial charge in [-0.15, -0.1) is 0 Å². The third-order valence-electron chi connectivity index (χ3n) is 4.90. The number of aliphatic hydroxyl groups is 1. The van der Waals surface area contributed by atoms with Crippen molar-refractivity contribution < 1.29 is 14.6 Å². The fourth-order valence-electron chi connectivity index (χ4n) is 3.09. The van der Waals surface area contributed by atoms with E-state index < -0.39 is 5.54 Å². The minimum atomic E-state index is -1.00. The summed E-state index contributed by atoms with van der Waals surface area (Å²) in [6.45, 7) is 6.65. The van der Waals surface area contributed by atoms with E-state index in [0.29, 0.717) is 13.0 Å². The number of esters is 1. The Morgan fingerprint density at radius 3 is 2.08 bits per heavy atom. The summed E-state index contributed by atoms with van der Waals surface area (Å²) in [5.41, 5.74) is 5.28. The van der Waals surface area contributed by atoms with Crippen LogP contribution in [-0.4, -0.2) is 29.8 Å². The van der Waals surface area contributed by atoms with Gasteiger partial charge < -0.3 is 15.6 Å². The van der Waals surface area contributed by atoms with Gasteiger partial charge in [0.2, 0.25) is 0 Å². The Morgan fingerprint density at radius 1 is 0.958 bits per heavy atom. The summed E-state index contributed by atoms with van der Waals surface area (Å²) in [5, 5.41) is 9.27. The highest BCUT2D eigenvalue weighted by Gasteiger charge is 2.38. The van der Waals surface area contributed by atoms with Crippen LogP contribution in [0.25, 0.3) is 0 Å². The average Bonchev–Trinajstić information content (AvgIpc) is 2.56. The molecule has 0 saturated carbocycles. The lowest BCUT2D eigenvalue weighted by atomic mass is 9.80. The van der Waals surface area contributed by atoms with Crippen LogP contribution >= 0.6 is 0 Å². The minimum Gasteiger partial charge on any atom is -0.464 e. The molecule has 0 spiro atoms. The second-order valence-corrected chi connectivity index (χ2v) is 7.24. The van der Waals surface area contributed by atoms with Gasteiger partial charge in [0.25, 0.3) is 0 Å². The average molecular weight is 344 g/mol. The van der Waals surface area contributed by atoms with Gasteiger partial charge in [-0.2, -0.15) is 0 Å². The van der Waals surface area contributed by atoms with Gasteiger partial charge in [0.15, 0.2) is 0 Å². The number of carbonyl (C=O) groups excluding carboxylic acids is 1. The first-order valence-corrected chi connectivity index (χ1v) is 10.1. The summed E-state index contributed by atoms with van der Waals surface area (Å²) in [5.74, 6) is -0.334. The van der Waals surface area contributed by atoms with Gasteiger partial charge in [0, 0.05) is 6.61 Å². The van der Waals surface area contributed by atoms with Crippen LogP contribution in [0.5, 0.6) is 0 Å². The molecule has 0 aliphatic heterocycles. The van der Waals surface area contributed by atoms with Crippen LogP contribution in [0.2, 0.25) is 0 Å². The van der Waals surface area contributed by atoms with E-state index in [9.17, 15) is 9.90 Å². The summed E-state index contributed by atoms with van der Waals surface area (Å²) in [4.78, 5) is 12.4. The Labute approximate surface area is 149 Å². The molecule has 2 atom stereocenters. The molecule has 0 saturated heterocycles. The number of carbonyl (C=O) groups is 1. The van der Waals surface area contributed by atoms with E-state index in [0.717, 1.165) is 38.5 Å². The smallest absolute Gasteiger partial charge is 0.326 e. The predicted octanol–water partition coefficient (Wildman–Crippen LogP) is 4.58. The fraction of sp³-hybridized carbons (Fsp3) is 0.950. The summed E-state index contributed by atoms with van der Waals surface area (Å²) in [6.07, 6.45) is 13.1. The Hall–Kier alpha value is -0.610. The van der Waals surface area contributed by atoms with Gasteiger partial charge >= 0.3 is 5.97 Å². The topological polar surface area (TPSA) is 72.5 Å². The third kappa shape index (κ3) is 10.3. The zero-order valence-corrected chi connectivity index (χ0v) is 16.3. The second-order valence-electron chi connectivity index (χ2n) is 7.24. The van der Waals surface area contributed by atoms with Crippen LogP contribution in [0.4, 0.5) is 0 Å². The first-order chi connectivity index (χ1) is 11.5. The maximum Gasteiger partial charge on any atom is 0.326 e. The summed E-state index contributed by atoms with van der Waals surface area (Å²) >= 11 is 0. The quantitative estimate of drug-likeness (QED) is 0.318. The molecule has 4 heteroatoms. The molecule has 0 radical (unpaired) electrons. The number of rotatable bonds is 16. The van der Waals surface area contributed by atoms with Crippen molar-refractivity contribution in [3.8, 4) is 0 Å². The molecule has 4 nitrogen and oxygen atoms in total. The van der Waals surface area contributed by atoms with E-state index in [-0.39, 0.29) is 18.5 Å². The molecule has 144 valence electrons. The largest absolute Gasteiger partial charge is 0.464 e. The van der Waals surface area contributed by atoms with Crippen molar-refractivity contribution in [3.63, 3.8) is 0 Å². The Morgan fingerprint density at radius 2 is 1.50 bits per heavy atom. The van der Waals surface area contributed by atoms with Gasteiger partial charge in [-0.1, -0.05) is 71.6 Å². The van der Waals surface area contributed by atoms with Crippen molar-refractivity contribution in [2.45, 2.75) is 103 Å². The van der Waals surface area contributed by atoms with Crippen molar-refractivity contribution in [1.29, 1.82) is 0 Å². The maximum absolute atomic E-state index is 12.4. The number of hydrogen-bond donors (Lipinski definition) is 2. The molecular weight excluding hydrogens is 302 g/mol. The van der Waals surface area contributed by atoms with Crippen molar-refractivity contribution in [3.05, 3.63) is 0 Å². The van der Waals surface area contributed by atoms with Gasteiger partial charge in [-0.05, 0) is 32.1 Å². The molecular formula is C20H41NO3. The van der Waals surface area contributed by atoms with Gasteiger partial charge in [-0.25, -0.2) is 0 Å². The summed E-state index contributed by atoms with van der Waals surface area (Å²) in [6, 6.07) is 0.